The van der Waals surface area contributed by atoms with Crippen LogP contribution in [0.1, 0.15) is 25.5 Å². The Kier molecular flexibility index (Phi) is 3.56. The van der Waals surface area contributed by atoms with E-state index in [0.29, 0.717) is 26.9 Å². The Bertz CT molecular complexity index is 525. The van der Waals surface area contributed by atoms with Crippen LogP contribution in [0.25, 0.3) is 10.8 Å². The quantitative estimate of drug-likeness (QED) is 0.662. The fourth-order valence-electron chi connectivity index (χ4n) is 1.29. The van der Waals surface area contributed by atoms with E-state index < -0.39 is 0 Å². The monoisotopic (exact) mass is 269 g/mol. The standard InChI is InChI=1S/C10H12ClN5S/c1-5(2)6-3-8(16-12)15-9(14-6)10-13-4-7(11)17-10/h3-5H,12H2,1-2H3,(H,14,15,16). The number of hydrogen-bond acceptors (Lipinski definition) is 6. The molecule has 0 atom stereocenters. The number of halogens is 1. The molecule has 0 aliphatic rings. The smallest absolute Gasteiger partial charge is 0.191 e. The van der Waals surface area contributed by atoms with Crippen LogP contribution in [0.15, 0.2) is 12.3 Å². The molecule has 2 aromatic heterocycles. The summed E-state index contributed by atoms with van der Waals surface area (Å²) in [6, 6.07) is 1.82. The van der Waals surface area contributed by atoms with E-state index in [0.717, 1.165) is 5.69 Å². The summed E-state index contributed by atoms with van der Waals surface area (Å²) in [4.78, 5) is 12.9. The summed E-state index contributed by atoms with van der Waals surface area (Å²) in [5.41, 5.74) is 3.44. The van der Waals surface area contributed by atoms with E-state index in [2.05, 4.69) is 34.2 Å². The van der Waals surface area contributed by atoms with Crippen LogP contribution in [0.3, 0.4) is 0 Å². The highest BCUT2D eigenvalue weighted by atomic mass is 35.5. The number of thiazole rings is 1. The van der Waals surface area contributed by atoms with Crippen molar-refractivity contribution < 1.29 is 0 Å². The first-order chi connectivity index (χ1) is 8.10. The molecule has 2 heterocycles. The summed E-state index contributed by atoms with van der Waals surface area (Å²) in [5.74, 6) is 6.80. The minimum atomic E-state index is 0.291. The molecule has 2 aromatic rings. The molecule has 0 radical (unpaired) electrons. The normalized spacial score (nSPS) is 10.9. The van der Waals surface area contributed by atoms with Gasteiger partial charge in [-0.25, -0.2) is 20.8 Å². The van der Waals surface area contributed by atoms with Crippen LogP contribution in [-0.2, 0) is 0 Å². The van der Waals surface area contributed by atoms with Gasteiger partial charge in [-0.1, -0.05) is 36.8 Å². The highest BCUT2D eigenvalue weighted by Crippen LogP contribution is 2.27. The maximum Gasteiger partial charge on any atom is 0.191 e. The predicted molar refractivity (Wildman–Crippen MR) is 70.0 cm³/mol. The lowest BCUT2D eigenvalue weighted by Gasteiger charge is -2.08. The molecule has 0 bridgehead atoms. The van der Waals surface area contributed by atoms with E-state index in [-0.39, 0.29) is 0 Å². The Morgan fingerprint density at radius 3 is 2.71 bits per heavy atom. The minimum absolute atomic E-state index is 0.291. The van der Waals surface area contributed by atoms with Crippen LogP contribution in [0.4, 0.5) is 5.82 Å². The van der Waals surface area contributed by atoms with Crippen LogP contribution >= 0.6 is 22.9 Å². The number of hydrazine groups is 1. The van der Waals surface area contributed by atoms with E-state index in [1.54, 1.807) is 6.20 Å². The van der Waals surface area contributed by atoms with Crippen LogP contribution in [0.2, 0.25) is 4.34 Å². The Balaban J connectivity index is 2.49. The highest BCUT2D eigenvalue weighted by molar-refractivity contribution is 7.18. The Morgan fingerprint density at radius 2 is 2.18 bits per heavy atom. The molecule has 5 nitrogen and oxygen atoms in total. The Labute approximate surface area is 108 Å². The van der Waals surface area contributed by atoms with Crippen molar-refractivity contribution in [1.29, 1.82) is 0 Å². The fraction of sp³-hybridized carbons (Fsp3) is 0.300. The number of anilines is 1. The van der Waals surface area contributed by atoms with Crippen molar-refractivity contribution in [3.8, 4) is 10.8 Å². The first-order valence-electron chi connectivity index (χ1n) is 5.07. The molecule has 7 heteroatoms. The molecular weight excluding hydrogens is 258 g/mol. The molecule has 3 N–H and O–H groups in total. The molecule has 17 heavy (non-hydrogen) atoms. The van der Waals surface area contributed by atoms with Gasteiger partial charge in [0.1, 0.15) is 10.2 Å². The summed E-state index contributed by atoms with van der Waals surface area (Å²) >= 11 is 7.19. The lowest BCUT2D eigenvalue weighted by molar-refractivity contribution is 0.817. The van der Waals surface area contributed by atoms with E-state index in [1.807, 2.05) is 6.07 Å². The molecular formula is C10H12ClN5S. The van der Waals surface area contributed by atoms with Gasteiger partial charge in [-0.05, 0) is 5.92 Å². The number of nitrogens with zero attached hydrogens (tertiary/aromatic N) is 3. The molecule has 2 rings (SSSR count). The third-order valence-electron chi connectivity index (χ3n) is 2.15. The third-order valence-corrected chi connectivity index (χ3v) is 3.26. The molecule has 0 saturated carbocycles. The Morgan fingerprint density at radius 1 is 1.41 bits per heavy atom. The van der Waals surface area contributed by atoms with Crippen molar-refractivity contribution in [1.82, 2.24) is 15.0 Å². The molecule has 0 aliphatic heterocycles. The molecule has 90 valence electrons. The number of aromatic nitrogens is 3. The summed E-state index contributed by atoms with van der Waals surface area (Å²) in [6.07, 6.45) is 1.59. The van der Waals surface area contributed by atoms with Crippen molar-refractivity contribution in [3.63, 3.8) is 0 Å². The average Bonchev–Trinajstić information content (AvgIpc) is 2.75. The zero-order valence-electron chi connectivity index (χ0n) is 9.44. The van der Waals surface area contributed by atoms with Crippen LogP contribution in [0.5, 0.6) is 0 Å². The van der Waals surface area contributed by atoms with E-state index in [1.165, 1.54) is 11.3 Å². The van der Waals surface area contributed by atoms with Gasteiger partial charge in [-0.2, -0.15) is 0 Å². The van der Waals surface area contributed by atoms with Crippen molar-refractivity contribution in [2.24, 2.45) is 5.84 Å². The van der Waals surface area contributed by atoms with Crippen molar-refractivity contribution in [2.45, 2.75) is 19.8 Å². The molecule has 0 aliphatic carbocycles. The molecule has 0 aromatic carbocycles. The number of hydrogen-bond donors (Lipinski definition) is 2. The van der Waals surface area contributed by atoms with Crippen molar-refractivity contribution in [2.75, 3.05) is 5.43 Å². The van der Waals surface area contributed by atoms with Gasteiger partial charge in [0.2, 0.25) is 0 Å². The Hall–Kier alpha value is -1.24. The topological polar surface area (TPSA) is 76.7 Å². The van der Waals surface area contributed by atoms with Gasteiger partial charge in [-0.3, -0.25) is 0 Å². The second kappa shape index (κ2) is 4.95. The zero-order chi connectivity index (χ0) is 12.4. The maximum atomic E-state index is 5.85. The lowest BCUT2D eigenvalue weighted by atomic mass is 10.1. The predicted octanol–water partition coefficient (Wildman–Crippen LogP) is 2.66. The van der Waals surface area contributed by atoms with Crippen LogP contribution in [-0.4, -0.2) is 15.0 Å². The van der Waals surface area contributed by atoms with Gasteiger partial charge >= 0.3 is 0 Å². The lowest BCUT2D eigenvalue weighted by Crippen LogP contribution is -2.11. The second-order valence-electron chi connectivity index (χ2n) is 3.77. The molecule has 0 unspecified atom stereocenters. The van der Waals surface area contributed by atoms with Crippen LogP contribution in [0, 0.1) is 0 Å². The summed E-state index contributed by atoms with van der Waals surface area (Å²) in [5, 5.41) is 0.689. The zero-order valence-corrected chi connectivity index (χ0v) is 11.0. The van der Waals surface area contributed by atoms with Gasteiger partial charge in [0, 0.05) is 11.8 Å². The van der Waals surface area contributed by atoms with Gasteiger partial charge in [0.25, 0.3) is 0 Å². The summed E-state index contributed by atoms with van der Waals surface area (Å²) in [6.45, 7) is 4.11. The van der Waals surface area contributed by atoms with E-state index in [4.69, 9.17) is 17.4 Å². The van der Waals surface area contributed by atoms with Gasteiger partial charge in [0.15, 0.2) is 10.8 Å². The highest BCUT2D eigenvalue weighted by Gasteiger charge is 2.11. The number of nitrogen functional groups attached to an aromatic ring is 1. The molecule has 0 amide bonds. The van der Waals surface area contributed by atoms with Gasteiger partial charge in [0.05, 0.1) is 6.20 Å². The number of nitrogens with two attached hydrogens (primary N) is 1. The van der Waals surface area contributed by atoms with Gasteiger partial charge < -0.3 is 5.43 Å². The summed E-state index contributed by atoms with van der Waals surface area (Å²) in [7, 11) is 0. The molecule has 0 fully saturated rings. The number of rotatable bonds is 3. The largest absolute Gasteiger partial charge is 0.308 e. The van der Waals surface area contributed by atoms with E-state index in [9.17, 15) is 0 Å². The van der Waals surface area contributed by atoms with Crippen molar-refractivity contribution in [3.05, 3.63) is 22.3 Å². The SMILES string of the molecule is CC(C)c1cc(NN)nc(-c2ncc(Cl)s2)n1. The maximum absolute atomic E-state index is 5.85. The first-order valence-corrected chi connectivity index (χ1v) is 6.27. The van der Waals surface area contributed by atoms with Crippen molar-refractivity contribution >= 4 is 28.8 Å². The van der Waals surface area contributed by atoms with Crippen LogP contribution < -0.4 is 11.3 Å². The molecule has 0 saturated heterocycles. The van der Waals surface area contributed by atoms with E-state index >= 15 is 0 Å². The average molecular weight is 270 g/mol. The molecule has 0 spiro atoms. The summed E-state index contributed by atoms with van der Waals surface area (Å²) < 4.78 is 0.612. The first kappa shape index (κ1) is 12.2. The third kappa shape index (κ3) is 2.71. The van der Waals surface area contributed by atoms with Gasteiger partial charge in [-0.15, -0.1) is 0 Å². The fourth-order valence-corrected chi connectivity index (χ4v) is 2.14. The minimum Gasteiger partial charge on any atom is -0.308 e. The second-order valence-corrected chi connectivity index (χ2v) is 5.43. The number of nitrogens with one attached hydrogen (secondary N) is 1.